The number of rotatable bonds is 0. The zero-order valence-corrected chi connectivity index (χ0v) is 8.43. The molecule has 0 rings (SSSR count). The van der Waals surface area contributed by atoms with Gasteiger partial charge >= 0.3 is 52.5 Å². The van der Waals surface area contributed by atoms with Gasteiger partial charge in [-0.3, -0.25) is 9.11 Å². The molecule has 0 aliphatic rings. The zero-order valence-electron chi connectivity index (χ0n) is 3.61. The van der Waals surface area contributed by atoms with Gasteiger partial charge in [0, 0.05) is 0 Å². The Hall–Kier alpha value is 1.36. The SMILES string of the molecule is O=S(=O)(O)O.[Cl][Ru]([Cl])[Cl]. The summed E-state index contributed by atoms with van der Waals surface area (Å²) < 4.78 is 31.6. The van der Waals surface area contributed by atoms with Crippen molar-refractivity contribution in [3.63, 3.8) is 0 Å². The summed E-state index contributed by atoms with van der Waals surface area (Å²) in [6.45, 7) is 0. The van der Waals surface area contributed by atoms with Crippen LogP contribution < -0.4 is 0 Å². The molecule has 0 amide bonds. The normalized spacial score (nSPS) is 11.4. The van der Waals surface area contributed by atoms with Crippen LogP contribution in [-0.4, -0.2) is 17.5 Å². The molecular formula is H2Cl3O4RuS. The standard InChI is InChI=1S/3ClH.H2O4S.Ru/c;;;1-5(2,3)4;/h3*1H;(H2,1,2,3,4);/q;;;;+3/p-3. The van der Waals surface area contributed by atoms with Crippen LogP contribution in [0.15, 0.2) is 0 Å². The van der Waals surface area contributed by atoms with E-state index in [1.807, 2.05) is 0 Å². The molecule has 0 fully saturated rings. The first-order valence-corrected chi connectivity index (χ1v) is 9.21. The second-order valence-electron chi connectivity index (χ2n) is 0.599. The molecule has 0 aliphatic carbocycles. The molecule has 2 N–H and O–H groups in total. The van der Waals surface area contributed by atoms with Crippen LogP contribution in [0.4, 0.5) is 0 Å². The minimum absolute atomic E-state index is 1.75. The van der Waals surface area contributed by atoms with Gasteiger partial charge in [-0.25, -0.2) is 0 Å². The van der Waals surface area contributed by atoms with Crippen molar-refractivity contribution in [2.75, 3.05) is 0 Å². The summed E-state index contributed by atoms with van der Waals surface area (Å²) >= 11 is -1.75. The van der Waals surface area contributed by atoms with Gasteiger partial charge in [-0.15, -0.1) is 0 Å². The molecule has 0 heterocycles. The molecule has 0 saturated heterocycles. The van der Waals surface area contributed by atoms with Crippen LogP contribution in [0.25, 0.3) is 0 Å². The fraction of sp³-hybridized carbons (Fsp3) is 0. The van der Waals surface area contributed by atoms with E-state index in [-0.39, 0.29) is 0 Å². The maximum atomic E-state index is 8.74. The Balaban J connectivity index is 0. The van der Waals surface area contributed by atoms with Crippen LogP contribution in [0.5, 0.6) is 0 Å². The van der Waals surface area contributed by atoms with Gasteiger partial charge < -0.3 is 0 Å². The molecular weight excluding hydrogens is 303 g/mol. The molecule has 0 unspecified atom stereocenters. The Labute approximate surface area is 69.7 Å². The van der Waals surface area contributed by atoms with E-state index in [1.165, 1.54) is 0 Å². The Morgan fingerprint density at radius 2 is 1.11 bits per heavy atom. The van der Waals surface area contributed by atoms with E-state index < -0.39 is 23.4 Å². The van der Waals surface area contributed by atoms with Crippen molar-refractivity contribution in [3.05, 3.63) is 0 Å². The van der Waals surface area contributed by atoms with Crippen molar-refractivity contribution in [2.24, 2.45) is 0 Å². The fourth-order valence-corrected chi connectivity index (χ4v) is 0. The van der Waals surface area contributed by atoms with Gasteiger partial charge in [0.2, 0.25) is 0 Å². The molecule has 0 saturated carbocycles. The van der Waals surface area contributed by atoms with Gasteiger partial charge in [-0.05, 0) is 0 Å². The van der Waals surface area contributed by atoms with E-state index in [1.54, 1.807) is 0 Å². The number of hydrogen-bond acceptors (Lipinski definition) is 2. The Morgan fingerprint density at radius 3 is 1.11 bits per heavy atom. The van der Waals surface area contributed by atoms with Crippen LogP contribution in [0, 0.1) is 0 Å². The quantitative estimate of drug-likeness (QED) is 0.524. The first-order valence-electron chi connectivity index (χ1n) is 1.10. The van der Waals surface area contributed by atoms with E-state index in [0.29, 0.717) is 0 Å². The molecule has 9 heavy (non-hydrogen) atoms. The number of halogens is 3. The van der Waals surface area contributed by atoms with Gasteiger partial charge in [0.15, 0.2) is 0 Å². The summed E-state index contributed by atoms with van der Waals surface area (Å²) in [6, 6.07) is 0. The van der Waals surface area contributed by atoms with Crippen LogP contribution in [-0.2, 0) is 23.4 Å². The first kappa shape index (κ1) is 13.0. The van der Waals surface area contributed by atoms with Crippen molar-refractivity contribution in [1.82, 2.24) is 0 Å². The second-order valence-corrected chi connectivity index (χ2v) is 9.41. The summed E-state index contributed by atoms with van der Waals surface area (Å²) in [4.78, 5) is 0. The summed E-state index contributed by atoms with van der Waals surface area (Å²) in [6.07, 6.45) is 0. The van der Waals surface area contributed by atoms with Crippen LogP contribution in [0.3, 0.4) is 0 Å². The fourth-order valence-electron chi connectivity index (χ4n) is 0. The number of hydrogen-bond donors (Lipinski definition) is 2. The van der Waals surface area contributed by atoms with Gasteiger partial charge in [0.25, 0.3) is 0 Å². The van der Waals surface area contributed by atoms with E-state index >= 15 is 0 Å². The zero-order chi connectivity index (χ0) is 8.08. The summed E-state index contributed by atoms with van der Waals surface area (Å²) in [5.74, 6) is 0. The Morgan fingerprint density at radius 1 is 1.11 bits per heavy atom. The van der Waals surface area contributed by atoms with E-state index in [9.17, 15) is 0 Å². The summed E-state index contributed by atoms with van der Waals surface area (Å²) in [5.41, 5.74) is 0. The molecule has 61 valence electrons. The second kappa shape index (κ2) is 6.10. The van der Waals surface area contributed by atoms with Crippen molar-refractivity contribution >= 4 is 39.5 Å². The van der Waals surface area contributed by atoms with Crippen molar-refractivity contribution in [1.29, 1.82) is 0 Å². The molecule has 0 spiro atoms. The molecule has 0 bridgehead atoms. The predicted octanol–water partition coefficient (Wildman–Crippen LogP) is 1.41. The van der Waals surface area contributed by atoms with Gasteiger partial charge in [0.1, 0.15) is 0 Å². The molecule has 0 atom stereocenters. The third-order valence-electron chi connectivity index (χ3n) is 0. The minimum atomic E-state index is -4.67. The molecule has 0 aromatic rings. The molecule has 0 aromatic carbocycles. The molecule has 0 radical (unpaired) electrons. The third-order valence-corrected chi connectivity index (χ3v) is 0. The van der Waals surface area contributed by atoms with E-state index in [0.717, 1.165) is 0 Å². The topological polar surface area (TPSA) is 74.6 Å². The van der Waals surface area contributed by atoms with Crippen LogP contribution in [0.2, 0.25) is 0 Å². The van der Waals surface area contributed by atoms with E-state index in [4.69, 9.17) is 46.6 Å². The van der Waals surface area contributed by atoms with Gasteiger partial charge in [-0.1, -0.05) is 0 Å². The van der Waals surface area contributed by atoms with E-state index in [2.05, 4.69) is 0 Å². The monoisotopic (exact) mass is 305 g/mol. The maximum absolute atomic E-state index is 8.74. The van der Waals surface area contributed by atoms with Crippen molar-refractivity contribution in [2.45, 2.75) is 0 Å². The molecule has 4 nitrogen and oxygen atoms in total. The predicted molar refractivity (Wildman–Crippen MR) is 31.7 cm³/mol. The summed E-state index contributed by atoms with van der Waals surface area (Å²) in [5, 5.41) is 0. The Bertz CT molecular complexity index is 127. The average Bonchev–Trinajstić information content (AvgIpc) is 1.19. The third kappa shape index (κ3) is 273. The van der Waals surface area contributed by atoms with Crippen molar-refractivity contribution < 1.29 is 30.5 Å². The van der Waals surface area contributed by atoms with Crippen molar-refractivity contribution in [3.8, 4) is 0 Å². The molecule has 9 heteroatoms. The van der Waals surface area contributed by atoms with Gasteiger partial charge in [0.05, 0.1) is 0 Å². The Kier molecular flexibility index (Phi) is 8.80. The van der Waals surface area contributed by atoms with Crippen LogP contribution in [0.1, 0.15) is 0 Å². The van der Waals surface area contributed by atoms with Crippen LogP contribution >= 0.6 is 29.1 Å². The molecule has 0 aromatic heterocycles. The molecule has 0 aliphatic heterocycles. The summed E-state index contributed by atoms with van der Waals surface area (Å²) in [7, 11) is 10.2. The average molecular weight is 306 g/mol. The van der Waals surface area contributed by atoms with Gasteiger partial charge in [-0.2, -0.15) is 8.42 Å². The first-order chi connectivity index (χ1) is 3.73.